The first-order valence-corrected chi connectivity index (χ1v) is 6.77. The molecule has 108 valence electrons. The number of aromatic nitrogens is 1. The van der Waals surface area contributed by atoms with Crippen LogP contribution >= 0.6 is 0 Å². The lowest BCUT2D eigenvalue weighted by atomic mass is 10.1. The van der Waals surface area contributed by atoms with Crippen molar-refractivity contribution in [2.75, 3.05) is 0 Å². The number of hydrogen-bond acceptors (Lipinski definition) is 0. The number of fused-ring (bicyclic) bond motifs is 1. The van der Waals surface area contributed by atoms with Crippen LogP contribution in [0.2, 0.25) is 0 Å². The number of rotatable bonds is 2. The zero-order valence-corrected chi connectivity index (χ0v) is 11.5. The highest BCUT2D eigenvalue weighted by molar-refractivity contribution is 5.84. The Labute approximate surface area is 120 Å². The summed E-state index contributed by atoms with van der Waals surface area (Å²) in [6.45, 7) is 1.99. The molecule has 0 bridgehead atoms. The van der Waals surface area contributed by atoms with E-state index in [1.54, 1.807) is 36.4 Å². The van der Waals surface area contributed by atoms with Crippen LogP contribution in [0.5, 0.6) is 0 Å². The second-order valence-electron chi connectivity index (χ2n) is 4.95. The van der Waals surface area contributed by atoms with E-state index in [1.807, 2.05) is 19.1 Å². The number of para-hydroxylation sites is 1. The summed E-state index contributed by atoms with van der Waals surface area (Å²) < 4.78 is 41.3. The summed E-state index contributed by atoms with van der Waals surface area (Å²) in [5, 5.41) is 0.600. The van der Waals surface area contributed by atoms with Crippen LogP contribution < -0.4 is 0 Å². The summed E-state index contributed by atoms with van der Waals surface area (Å²) in [5.41, 5.74) is 1.49. The number of alkyl halides is 3. The molecule has 0 aliphatic heterocycles. The lowest BCUT2D eigenvalue weighted by molar-refractivity contribution is -0.142. The molecule has 3 rings (SSSR count). The molecular weight excluding hydrogens is 275 g/mol. The van der Waals surface area contributed by atoms with Crippen molar-refractivity contribution in [1.82, 2.24) is 4.57 Å². The van der Waals surface area contributed by atoms with Gasteiger partial charge < -0.3 is 4.57 Å². The van der Waals surface area contributed by atoms with Gasteiger partial charge in [-0.15, -0.1) is 0 Å². The predicted molar refractivity (Wildman–Crippen MR) is 77.7 cm³/mol. The second kappa shape index (κ2) is 4.95. The van der Waals surface area contributed by atoms with Gasteiger partial charge in [0, 0.05) is 11.1 Å². The van der Waals surface area contributed by atoms with Gasteiger partial charge in [-0.3, -0.25) is 0 Å². The van der Waals surface area contributed by atoms with Crippen molar-refractivity contribution >= 4 is 10.9 Å². The first-order valence-electron chi connectivity index (χ1n) is 6.77. The molecule has 1 nitrogen and oxygen atoms in total. The molecule has 4 heteroatoms. The average Bonchev–Trinajstić information content (AvgIpc) is 2.86. The molecule has 2 aromatic carbocycles. The first kappa shape index (κ1) is 13.7. The highest BCUT2D eigenvalue weighted by atomic mass is 19.4. The van der Waals surface area contributed by atoms with Crippen molar-refractivity contribution in [1.29, 1.82) is 0 Å². The second-order valence-corrected chi connectivity index (χ2v) is 4.95. The molecule has 1 aromatic heterocycles. The molecule has 21 heavy (non-hydrogen) atoms. The van der Waals surface area contributed by atoms with Gasteiger partial charge in [0.15, 0.2) is 0 Å². The third-order valence-corrected chi connectivity index (χ3v) is 3.58. The topological polar surface area (TPSA) is 4.93 Å². The van der Waals surface area contributed by atoms with Gasteiger partial charge in [-0.25, -0.2) is 0 Å². The molecular formula is C17H14F3N. The van der Waals surface area contributed by atoms with Gasteiger partial charge in [0.25, 0.3) is 0 Å². The van der Waals surface area contributed by atoms with E-state index in [4.69, 9.17) is 0 Å². The maximum atomic E-state index is 13.3. The van der Waals surface area contributed by atoms with Crippen LogP contribution in [0.4, 0.5) is 13.2 Å². The number of halogens is 3. The van der Waals surface area contributed by atoms with E-state index in [9.17, 15) is 13.2 Å². The van der Waals surface area contributed by atoms with Gasteiger partial charge in [0.1, 0.15) is 5.69 Å². The molecule has 0 saturated carbocycles. The fraction of sp³-hybridized carbons (Fsp3) is 0.176. The highest BCUT2D eigenvalue weighted by Crippen LogP contribution is 2.36. The van der Waals surface area contributed by atoms with Crippen LogP contribution in [-0.4, -0.2) is 4.57 Å². The van der Waals surface area contributed by atoms with Crippen LogP contribution in [0.1, 0.15) is 18.2 Å². The lowest BCUT2D eigenvalue weighted by Gasteiger charge is -2.13. The van der Waals surface area contributed by atoms with Gasteiger partial charge in [-0.2, -0.15) is 13.2 Å². The molecule has 3 aromatic rings. The van der Waals surface area contributed by atoms with Crippen molar-refractivity contribution < 1.29 is 13.2 Å². The molecule has 0 spiro atoms. The maximum absolute atomic E-state index is 13.3. The molecule has 0 unspecified atom stereocenters. The van der Waals surface area contributed by atoms with Gasteiger partial charge in [-0.05, 0) is 36.2 Å². The summed E-state index contributed by atoms with van der Waals surface area (Å²) in [6.07, 6.45) is -3.60. The Morgan fingerprint density at radius 3 is 2.29 bits per heavy atom. The smallest absolute Gasteiger partial charge is 0.305 e. The molecule has 0 aliphatic rings. The third-order valence-electron chi connectivity index (χ3n) is 3.58. The highest BCUT2D eigenvalue weighted by Gasteiger charge is 2.35. The molecule has 0 amide bonds. The van der Waals surface area contributed by atoms with E-state index in [1.165, 1.54) is 10.6 Å². The minimum atomic E-state index is -4.39. The molecule has 0 radical (unpaired) electrons. The van der Waals surface area contributed by atoms with Crippen LogP contribution in [0.15, 0.2) is 54.6 Å². The van der Waals surface area contributed by atoms with Gasteiger partial charge in [0.05, 0.1) is 5.52 Å². The number of benzene rings is 2. The third kappa shape index (κ3) is 2.42. The van der Waals surface area contributed by atoms with E-state index in [0.717, 1.165) is 12.0 Å². The van der Waals surface area contributed by atoms with Crippen molar-refractivity contribution in [3.63, 3.8) is 0 Å². The molecule has 0 atom stereocenters. The summed E-state index contributed by atoms with van der Waals surface area (Å²) >= 11 is 0. The van der Waals surface area contributed by atoms with Crippen LogP contribution in [0.3, 0.4) is 0 Å². The van der Waals surface area contributed by atoms with Gasteiger partial charge >= 0.3 is 6.18 Å². The quantitative estimate of drug-likeness (QED) is 0.610. The van der Waals surface area contributed by atoms with E-state index >= 15 is 0 Å². The normalized spacial score (nSPS) is 12.0. The summed E-state index contributed by atoms with van der Waals surface area (Å²) in [4.78, 5) is 0. The average molecular weight is 289 g/mol. The van der Waals surface area contributed by atoms with Crippen molar-refractivity contribution in [2.24, 2.45) is 0 Å². The molecule has 1 heterocycles. The Balaban J connectivity index is 2.37. The molecule has 0 N–H and O–H groups in total. The Hall–Kier alpha value is -2.23. The van der Waals surface area contributed by atoms with Crippen molar-refractivity contribution in [3.8, 4) is 5.69 Å². The molecule has 0 fully saturated rings. The Morgan fingerprint density at radius 1 is 0.952 bits per heavy atom. The summed E-state index contributed by atoms with van der Waals surface area (Å²) in [6, 6.07) is 15.3. The van der Waals surface area contributed by atoms with E-state index in [2.05, 4.69) is 0 Å². The summed E-state index contributed by atoms with van der Waals surface area (Å²) in [7, 11) is 0. The monoisotopic (exact) mass is 289 g/mol. The first-order chi connectivity index (χ1) is 10.0. The molecule has 0 aliphatic carbocycles. The maximum Gasteiger partial charge on any atom is 0.431 e. The number of nitrogens with zero attached hydrogens (tertiary/aromatic N) is 1. The zero-order valence-electron chi connectivity index (χ0n) is 11.5. The largest absolute Gasteiger partial charge is 0.431 e. The summed E-state index contributed by atoms with van der Waals surface area (Å²) in [5.74, 6) is 0. The van der Waals surface area contributed by atoms with Crippen LogP contribution in [0.25, 0.3) is 16.6 Å². The zero-order chi connectivity index (χ0) is 15.0. The fourth-order valence-electron chi connectivity index (χ4n) is 2.53. The number of hydrogen-bond donors (Lipinski definition) is 0. The fourth-order valence-corrected chi connectivity index (χ4v) is 2.53. The molecule has 0 saturated heterocycles. The predicted octanol–water partition coefficient (Wildman–Crippen LogP) is 5.21. The lowest BCUT2D eigenvalue weighted by Crippen LogP contribution is -2.12. The minimum absolute atomic E-state index is 0.521. The van der Waals surface area contributed by atoms with Gasteiger partial charge in [0.2, 0.25) is 0 Å². The SMILES string of the molecule is CCc1ccc2cc(C(F)(F)F)n(-c3ccccc3)c2c1. The minimum Gasteiger partial charge on any atom is -0.305 e. The Bertz CT molecular complexity index is 770. The Kier molecular flexibility index (Phi) is 3.24. The Morgan fingerprint density at radius 2 is 1.67 bits per heavy atom. The van der Waals surface area contributed by atoms with Crippen molar-refractivity contribution in [2.45, 2.75) is 19.5 Å². The number of aryl methyl sites for hydroxylation is 1. The van der Waals surface area contributed by atoms with Crippen molar-refractivity contribution in [3.05, 3.63) is 65.9 Å². The standard InChI is InChI=1S/C17H14F3N/c1-2-12-8-9-13-11-16(17(18,19)20)21(15(13)10-12)14-6-4-3-5-7-14/h3-11H,2H2,1H3. The van der Waals surface area contributed by atoms with Gasteiger partial charge in [-0.1, -0.05) is 37.3 Å². The van der Waals surface area contributed by atoms with Crippen LogP contribution in [0, 0.1) is 0 Å². The van der Waals surface area contributed by atoms with E-state index < -0.39 is 11.9 Å². The van der Waals surface area contributed by atoms with Crippen LogP contribution in [-0.2, 0) is 12.6 Å². The van der Waals surface area contributed by atoms with E-state index in [0.29, 0.717) is 16.6 Å². The van der Waals surface area contributed by atoms with E-state index in [-0.39, 0.29) is 0 Å².